The fourth-order valence-electron chi connectivity index (χ4n) is 9.45. The number of nitrogen functional groups attached to an aromatic ring is 1. The molecular weight excluding hydrogens is 1490 g/mol. The molecule has 0 amide bonds. The number of carbonyl (C=O) groups is 7. The Morgan fingerprint density at radius 3 is 1.04 bits per heavy atom. The number of rotatable bonds is 25. The largest absolute Gasteiger partial charge is 1.00 e. The van der Waals surface area contributed by atoms with Crippen molar-refractivity contribution in [2.45, 2.75) is 79.4 Å². The Balaban J connectivity index is -0.000000646. The van der Waals surface area contributed by atoms with E-state index in [1.165, 1.54) is 59.7 Å². The molecule has 114 heavy (non-hydrogen) atoms. The van der Waals surface area contributed by atoms with Gasteiger partial charge in [0.15, 0.2) is 23.0 Å². The second-order valence-corrected chi connectivity index (χ2v) is 23.5. The minimum absolute atomic E-state index is 0. The van der Waals surface area contributed by atoms with Crippen LogP contribution in [-0.2, 0) is 29.3 Å². The first kappa shape index (κ1) is 105. The summed E-state index contributed by atoms with van der Waals surface area (Å²) in [5.74, 6) is -6.46. The van der Waals surface area contributed by atoms with Crippen LogP contribution in [0.5, 0.6) is 28.7 Å². The Hall–Kier alpha value is -11.2. The van der Waals surface area contributed by atoms with Crippen LogP contribution in [0, 0.1) is 0 Å². The van der Waals surface area contributed by atoms with Crippen LogP contribution in [0.3, 0.4) is 0 Å². The first-order valence-electron chi connectivity index (χ1n) is 33.5. The smallest absolute Gasteiger partial charge is 1.00 e. The third-order valence-corrected chi connectivity index (χ3v) is 16.2. The predicted molar refractivity (Wildman–Crippen MR) is 436 cm³/mol. The van der Waals surface area contributed by atoms with Crippen LogP contribution >= 0.6 is 0 Å². The van der Waals surface area contributed by atoms with Crippen LogP contribution in [0.1, 0.15) is 175 Å². The van der Waals surface area contributed by atoms with E-state index in [1.54, 1.807) is 79.0 Å². The number of carboxylic acids is 5. The van der Waals surface area contributed by atoms with Gasteiger partial charge in [0.2, 0.25) is 0 Å². The molecule has 0 bridgehead atoms. The van der Waals surface area contributed by atoms with Crippen molar-refractivity contribution >= 4 is 104 Å². The molecule has 581 valence electrons. The molecule has 10 aromatic rings. The van der Waals surface area contributed by atoms with Gasteiger partial charge >= 0.3 is 119 Å². The maximum absolute atomic E-state index is 11.0. The van der Waals surface area contributed by atoms with Crippen molar-refractivity contribution in [1.29, 1.82) is 0 Å². The minimum atomic E-state index is -1.39. The van der Waals surface area contributed by atoms with E-state index in [4.69, 9.17) is 41.3 Å². The van der Waals surface area contributed by atoms with Crippen molar-refractivity contribution in [2.75, 3.05) is 21.7 Å². The zero-order valence-corrected chi connectivity index (χ0v) is 69.7. The SMILES string of the molecule is C.C=Cc1ccc(C=Nc2cccc(C(=O)O)c2O)cc1.C=Cc1ccc(C=O)cc1.C=Cc1ccc(CNc2cccc(C(=O)O)c2O)cc1.CCC(C)c1ccc(CNc2cccc(C(=O)O)c2O)cc1.CCC(C)c1ccc(CNc2cccc(C(=O)[O-])c2O)cc1.Nc1cccc(C(=O)O)c1O.O=COO.[B].[H-].[H-].[Na+].[Na+].[Na+]. The fraction of sp³-hybridized carbons (Fsp3) is 0.140. The van der Waals surface area contributed by atoms with Gasteiger partial charge in [-0.2, -0.15) is 0 Å². The molecule has 0 aliphatic heterocycles. The molecule has 15 N–H and O–H groups in total. The summed E-state index contributed by atoms with van der Waals surface area (Å²) in [5.41, 5.74) is 16.4. The Morgan fingerprint density at radius 2 is 0.728 bits per heavy atom. The predicted octanol–water partition coefficient (Wildman–Crippen LogP) is 7.87. The molecule has 0 aliphatic rings. The molecule has 0 heterocycles. The van der Waals surface area contributed by atoms with Gasteiger partial charge in [0.05, 0.1) is 28.7 Å². The fourth-order valence-corrected chi connectivity index (χ4v) is 9.45. The summed E-state index contributed by atoms with van der Waals surface area (Å²) in [6.07, 6.45) is 9.84. The van der Waals surface area contributed by atoms with Gasteiger partial charge in [-0.25, -0.2) is 24.4 Å². The average molecular weight is 1580 g/mol. The molecule has 10 aromatic carbocycles. The summed E-state index contributed by atoms with van der Waals surface area (Å²) >= 11 is 0. The van der Waals surface area contributed by atoms with E-state index < -0.39 is 29.8 Å². The number of hydrogen-bond acceptors (Lipinski definition) is 20. The molecule has 0 aromatic heterocycles. The van der Waals surface area contributed by atoms with Crippen molar-refractivity contribution < 1.29 is 186 Å². The average Bonchev–Trinajstić information content (AvgIpc) is 0.844. The zero-order valence-electron chi connectivity index (χ0n) is 65.7. The maximum atomic E-state index is 11.0. The van der Waals surface area contributed by atoms with E-state index in [9.17, 15) is 54.3 Å². The molecule has 2 unspecified atom stereocenters. The van der Waals surface area contributed by atoms with E-state index in [-0.39, 0.29) is 182 Å². The number of hydrogen-bond donors (Lipinski definition) is 14. The molecule has 0 aliphatic carbocycles. The molecule has 0 saturated carbocycles. The standard InChI is InChI=1S/2C18H21NO3.C16H15NO3.C16H13NO3.C9H8O.C7H7NO3.CH2O3.CH4.B.3Na.2H/c2*1-3-12(2)14-9-7-13(8-10-14)11-19-16-6-4-5-15(17(16)20)18(21)22;2*1-2-11-6-8-12(9-7-11)10-17-14-5-3-4-13(15(14)18)16(19)20;1-2-8-3-5-9(7-10)6-4-8;8-5-3-1-2-4(6(5)9)7(10)11;2-1-4-3;;;;;;;/h2*4-10,12,19-20H,3,11H2,1-2H3,(H,21,22);2-9,17-18H,1,10H2,(H,19,20);2-10,18H,1H2,(H,19,20);2-7H,1H2;1-3,9H,8H2,(H,10,11);1,3H;1H4;;;;;;/q;;;;;;;;;3*+1;2*-1/p-1. The summed E-state index contributed by atoms with van der Waals surface area (Å²) in [6, 6.07) is 61.5. The van der Waals surface area contributed by atoms with Crippen LogP contribution in [0.15, 0.2) is 237 Å². The molecule has 2 atom stereocenters. The molecule has 3 radical (unpaired) electrons. The summed E-state index contributed by atoms with van der Waals surface area (Å²) in [6.45, 7) is 21.1. The van der Waals surface area contributed by atoms with Crippen molar-refractivity contribution in [3.63, 3.8) is 0 Å². The number of aromatic hydroxyl groups is 5. The van der Waals surface area contributed by atoms with Gasteiger partial charge in [0, 0.05) is 45.4 Å². The van der Waals surface area contributed by atoms with E-state index in [1.807, 2.05) is 84.9 Å². The number of para-hydroxylation sites is 5. The quantitative estimate of drug-likeness (QED) is 0.00492. The summed E-state index contributed by atoms with van der Waals surface area (Å²) in [5, 5.41) is 111. The number of nitrogens with two attached hydrogens (primary N) is 1. The van der Waals surface area contributed by atoms with Crippen LogP contribution in [-0.4, -0.2) is 108 Å². The van der Waals surface area contributed by atoms with Crippen molar-refractivity contribution in [1.82, 2.24) is 0 Å². The number of aliphatic imine (C=N–C) groups is 1. The van der Waals surface area contributed by atoms with Gasteiger partial charge in [0.25, 0.3) is 0 Å². The van der Waals surface area contributed by atoms with Crippen LogP contribution in [0.2, 0.25) is 0 Å². The third kappa shape index (κ3) is 34.8. The van der Waals surface area contributed by atoms with Gasteiger partial charge in [0.1, 0.15) is 40.0 Å². The van der Waals surface area contributed by atoms with E-state index in [0.717, 1.165) is 58.1 Å². The van der Waals surface area contributed by atoms with E-state index >= 15 is 0 Å². The number of aromatic carboxylic acids is 5. The maximum Gasteiger partial charge on any atom is 1.00 e. The number of nitrogens with zero attached hydrogens (tertiary/aromatic N) is 1. The molecule has 0 saturated heterocycles. The second-order valence-electron chi connectivity index (χ2n) is 23.5. The first-order valence-corrected chi connectivity index (χ1v) is 33.5. The molecule has 10 rings (SSSR count). The van der Waals surface area contributed by atoms with Gasteiger partial charge in [-0.05, 0) is 135 Å². The number of anilines is 4. The summed E-state index contributed by atoms with van der Waals surface area (Å²) in [7, 11) is 0. The van der Waals surface area contributed by atoms with E-state index in [0.29, 0.717) is 54.1 Å². The van der Waals surface area contributed by atoms with Crippen molar-refractivity contribution in [2.24, 2.45) is 4.99 Å². The monoisotopic (exact) mass is 1580 g/mol. The first-order chi connectivity index (χ1) is 52.2. The van der Waals surface area contributed by atoms with Gasteiger partial charge in [-0.15, -0.1) is 0 Å². The third-order valence-electron chi connectivity index (χ3n) is 16.2. The normalized spacial score (nSPS) is 10.1. The minimum Gasteiger partial charge on any atom is -1.00 e. The summed E-state index contributed by atoms with van der Waals surface area (Å²) < 4.78 is 0. The van der Waals surface area contributed by atoms with Crippen molar-refractivity contribution in [3.8, 4) is 28.7 Å². The Morgan fingerprint density at radius 1 is 0.447 bits per heavy atom. The van der Waals surface area contributed by atoms with Gasteiger partial charge in [-0.1, -0.05) is 225 Å². The molecule has 0 fully saturated rings. The molecule has 0 spiro atoms. The Kier molecular flexibility index (Phi) is 51.6. The number of phenols is 5. The Bertz CT molecular complexity index is 4600. The van der Waals surface area contributed by atoms with Crippen LogP contribution in [0.25, 0.3) is 18.2 Å². The number of carboxylic acid groups (broad SMARTS) is 5. The Labute approximate surface area is 734 Å². The number of benzene rings is 10. The number of carbonyl (C=O) groups excluding carboxylic acids is 3. The van der Waals surface area contributed by atoms with Crippen LogP contribution in [0.4, 0.5) is 28.4 Å². The number of aldehydes is 1. The molecular formula is C86H92BN5Na3O19. The summed E-state index contributed by atoms with van der Waals surface area (Å²) in [4.78, 5) is 79.9. The van der Waals surface area contributed by atoms with E-state index in [2.05, 4.69) is 97.5 Å². The zero-order chi connectivity index (χ0) is 80.5. The topological polar surface area (TPSA) is 429 Å². The van der Waals surface area contributed by atoms with Gasteiger partial charge in [-0.3, -0.25) is 14.6 Å². The second kappa shape index (κ2) is 56.1. The van der Waals surface area contributed by atoms with Crippen molar-refractivity contribution in [3.05, 3.63) is 316 Å². The number of nitrogens with one attached hydrogen (secondary N) is 3. The molecule has 28 heteroatoms. The van der Waals surface area contributed by atoms with Crippen LogP contribution < -0.4 is 115 Å². The van der Waals surface area contributed by atoms with Gasteiger partial charge < -0.3 is 85.3 Å². The molecule has 24 nitrogen and oxygen atoms in total.